The number of hydrogen-bond donors (Lipinski definition) is 2. The molecule has 138 valence electrons. The lowest BCUT2D eigenvalue weighted by Gasteiger charge is -2.09. The molecule has 3 rings (SSSR count). The van der Waals surface area contributed by atoms with Crippen molar-refractivity contribution in [3.63, 3.8) is 0 Å². The molecule has 6 heteroatoms. The fourth-order valence-electron chi connectivity index (χ4n) is 2.56. The lowest BCUT2D eigenvalue weighted by Crippen LogP contribution is -2.25. The average molecular weight is 365 g/mol. The molecule has 0 fully saturated rings. The zero-order valence-corrected chi connectivity index (χ0v) is 14.9. The third-order valence-corrected chi connectivity index (χ3v) is 3.98. The summed E-state index contributed by atoms with van der Waals surface area (Å²) in [4.78, 5) is 16.6. The lowest BCUT2D eigenvalue weighted by molar-refractivity contribution is 0.0954. The van der Waals surface area contributed by atoms with E-state index in [0.29, 0.717) is 24.3 Å². The number of pyridine rings is 1. The van der Waals surface area contributed by atoms with Crippen LogP contribution in [0.5, 0.6) is 5.75 Å². The number of nitrogens with one attached hydrogen (secondary N) is 2. The number of nitrogens with zero attached hydrogens (tertiary/aromatic N) is 1. The van der Waals surface area contributed by atoms with Crippen LogP contribution in [0.4, 0.5) is 15.9 Å². The Morgan fingerprint density at radius 3 is 2.70 bits per heavy atom. The van der Waals surface area contributed by atoms with Crippen LogP contribution in [-0.4, -0.2) is 24.5 Å². The first kappa shape index (κ1) is 18.4. The van der Waals surface area contributed by atoms with E-state index in [9.17, 15) is 9.18 Å². The average Bonchev–Trinajstić information content (AvgIpc) is 2.70. The molecule has 1 heterocycles. The van der Waals surface area contributed by atoms with Gasteiger partial charge in [0.05, 0.1) is 7.11 Å². The molecule has 0 saturated carbocycles. The fraction of sp³-hybridized carbons (Fsp3) is 0.143. The van der Waals surface area contributed by atoms with Gasteiger partial charge in [-0.15, -0.1) is 0 Å². The molecule has 3 aromatic rings. The maximum Gasteiger partial charge on any atom is 0.251 e. The number of carbonyl (C=O) groups excluding carboxylic acids is 1. The van der Waals surface area contributed by atoms with Gasteiger partial charge in [-0.2, -0.15) is 0 Å². The van der Waals surface area contributed by atoms with Crippen molar-refractivity contribution in [1.82, 2.24) is 10.3 Å². The molecule has 1 amide bonds. The van der Waals surface area contributed by atoms with E-state index in [0.717, 1.165) is 17.0 Å². The summed E-state index contributed by atoms with van der Waals surface area (Å²) in [6.07, 6.45) is 2.21. The first-order chi connectivity index (χ1) is 13.1. The second-order valence-electron chi connectivity index (χ2n) is 5.92. The second kappa shape index (κ2) is 8.80. The van der Waals surface area contributed by atoms with Crippen LogP contribution >= 0.6 is 0 Å². The molecule has 0 unspecified atom stereocenters. The molecule has 0 radical (unpaired) electrons. The highest BCUT2D eigenvalue weighted by Crippen LogP contribution is 2.20. The predicted octanol–water partition coefficient (Wildman–Crippen LogP) is 3.95. The van der Waals surface area contributed by atoms with Gasteiger partial charge >= 0.3 is 0 Å². The molecule has 0 spiro atoms. The summed E-state index contributed by atoms with van der Waals surface area (Å²) in [7, 11) is 1.61. The Balaban J connectivity index is 1.58. The van der Waals surface area contributed by atoms with E-state index >= 15 is 0 Å². The van der Waals surface area contributed by atoms with Gasteiger partial charge in [0.2, 0.25) is 0 Å². The fourth-order valence-corrected chi connectivity index (χ4v) is 2.56. The number of rotatable bonds is 7. The summed E-state index contributed by atoms with van der Waals surface area (Å²) in [5.41, 5.74) is 2.29. The third kappa shape index (κ3) is 5.28. The first-order valence-corrected chi connectivity index (χ1v) is 8.54. The first-order valence-electron chi connectivity index (χ1n) is 8.54. The Hall–Kier alpha value is -3.41. The summed E-state index contributed by atoms with van der Waals surface area (Å²) in [5, 5.41) is 6.02. The Labute approximate surface area is 157 Å². The van der Waals surface area contributed by atoms with Gasteiger partial charge in [-0.25, -0.2) is 9.37 Å². The number of amides is 1. The summed E-state index contributed by atoms with van der Waals surface area (Å²) < 4.78 is 18.1. The van der Waals surface area contributed by atoms with Crippen molar-refractivity contribution in [3.8, 4) is 5.75 Å². The molecule has 1 aromatic heterocycles. The molecule has 0 saturated heterocycles. The van der Waals surface area contributed by atoms with Crippen molar-refractivity contribution in [2.45, 2.75) is 6.42 Å². The van der Waals surface area contributed by atoms with Crippen LogP contribution in [0.1, 0.15) is 15.9 Å². The van der Waals surface area contributed by atoms with Gasteiger partial charge in [0, 0.05) is 30.1 Å². The zero-order chi connectivity index (χ0) is 19.1. The van der Waals surface area contributed by atoms with Crippen LogP contribution in [-0.2, 0) is 6.42 Å². The quantitative estimate of drug-likeness (QED) is 0.666. The van der Waals surface area contributed by atoms with Gasteiger partial charge in [0.25, 0.3) is 5.91 Å². The molecule has 0 bridgehead atoms. The van der Waals surface area contributed by atoms with Gasteiger partial charge in [0.15, 0.2) is 0 Å². The van der Waals surface area contributed by atoms with Gasteiger partial charge in [-0.1, -0.05) is 18.2 Å². The van der Waals surface area contributed by atoms with Crippen LogP contribution in [0.3, 0.4) is 0 Å². The minimum absolute atomic E-state index is 0.187. The number of aromatic nitrogens is 1. The van der Waals surface area contributed by atoms with E-state index in [-0.39, 0.29) is 11.7 Å². The van der Waals surface area contributed by atoms with E-state index in [1.807, 2.05) is 24.3 Å². The lowest BCUT2D eigenvalue weighted by atomic mass is 10.1. The summed E-state index contributed by atoms with van der Waals surface area (Å²) in [6.45, 7) is 0.464. The van der Waals surface area contributed by atoms with E-state index < -0.39 is 0 Å². The largest absolute Gasteiger partial charge is 0.497 e. The van der Waals surface area contributed by atoms with E-state index in [1.54, 1.807) is 37.6 Å². The van der Waals surface area contributed by atoms with E-state index in [4.69, 9.17) is 4.74 Å². The summed E-state index contributed by atoms with van der Waals surface area (Å²) >= 11 is 0. The minimum Gasteiger partial charge on any atom is -0.497 e. The molecule has 27 heavy (non-hydrogen) atoms. The van der Waals surface area contributed by atoms with Crippen molar-refractivity contribution < 1.29 is 13.9 Å². The van der Waals surface area contributed by atoms with E-state index in [2.05, 4.69) is 15.6 Å². The van der Waals surface area contributed by atoms with Crippen LogP contribution in [0.15, 0.2) is 66.9 Å². The Morgan fingerprint density at radius 1 is 1.11 bits per heavy atom. The highest BCUT2D eigenvalue weighted by molar-refractivity contribution is 5.94. The number of anilines is 2. The topological polar surface area (TPSA) is 63.2 Å². The zero-order valence-electron chi connectivity index (χ0n) is 14.9. The molecular weight excluding hydrogens is 345 g/mol. The number of halogens is 1. The number of ether oxygens (including phenoxy) is 1. The maximum atomic E-state index is 12.9. The SMILES string of the molecule is COc1cccc(Nc2cc(C(=O)NCCc3ccc(F)cc3)ccn2)c1. The smallest absolute Gasteiger partial charge is 0.251 e. The van der Waals surface area contributed by atoms with Crippen molar-refractivity contribution >= 4 is 17.4 Å². The van der Waals surface area contributed by atoms with Gasteiger partial charge in [-0.3, -0.25) is 4.79 Å². The normalized spacial score (nSPS) is 10.3. The monoisotopic (exact) mass is 365 g/mol. The molecule has 0 aliphatic rings. The Kier molecular flexibility index (Phi) is 5.99. The third-order valence-electron chi connectivity index (χ3n) is 3.98. The summed E-state index contributed by atoms with van der Waals surface area (Å²) in [5.74, 6) is 0.841. The number of benzene rings is 2. The maximum absolute atomic E-state index is 12.9. The van der Waals surface area contributed by atoms with Gasteiger partial charge < -0.3 is 15.4 Å². The predicted molar refractivity (Wildman–Crippen MR) is 103 cm³/mol. The number of hydrogen-bond acceptors (Lipinski definition) is 4. The van der Waals surface area contributed by atoms with Crippen molar-refractivity contribution in [1.29, 1.82) is 0 Å². The molecule has 0 aliphatic carbocycles. The molecule has 0 atom stereocenters. The van der Waals surface area contributed by atoms with Crippen molar-refractivity contribution in [2.75, 3.05) is 19.0 Å². The summed E-state index contributed by atoms with van der Waals surface area (Å²) in [6, 6.07) is 17.0. The molecular formula is C21H20FN3O2. The highest BCUT2D eigenvalue weighted by atomic mass is 19.1. The molecule has 0 aliphatic heterocycles. The van der Waals surface area contributed by atoms with Crippen molar-refractivity contribution in [2.24, 2.45) is 0 Å². The minimum atomic E-state index is -0.268. The number of carbonyl (C=O) groups is 1. The van der Waals surface area contributed by atoms with Gasteiger partial charge in [-0.05, 0) is 48.4 Å². The number of methoxy groups -OCH3 is 1. The van der Waals surface area contributed by atoms with E-state index in [1.165, 1.54) is 12.1 Å². The Bertz CT molecular complexity index is 913. The van der Waals surface area contributed by atoms with Crippen LogP contribution in [0, 0.1) is 5.82 Å². The van der Waals surface area contributed by atoms with Crippen LogP contribution in [0.2, 0.25) is 0 Å². The molecule has 2 N–H and O–H groups in total. The van der Waals surface area contributed by atoms with Gasteiger partial charge in [0.1, 0.15) is 17.4 Å². The van der Waals surface area contributed by atoms with Crippen LogP contribution < -0.4 is 15.4 Å². The Morgan fingerprint density at radius 2 is 1.93 bits per heavy atom. The molecule has 5 nitrogen and oxygen atoms in total. The highest BCUT2D eigenvalue weighted by Gasteiger charge is 2.07. The van der Waals surface area contributed by atoms with Crippen molar-refractivity contribution in [3.05, 3.63) is 83.8 Å². The standard InChI is InChI=1S/C21H20FN3O2/c1-27-19-4-2-3-18(14-19)25-20-13-16(10-12-23-20)21(26)24-11-9-15-5-7-17(22)8-6-15/h2-8,10,12-14H,9,11H2,1H3,(H,23,25)(H,24,26). The molecule has 2 aromatic carbocycles. The second-order valence-corrected chi connectivity index (χ2v) is 5.92. The van der Waals surface area contributed by atoms with Crippen LogP contribution in [0.25, 0.3) is 0 Å².